The number of hydrogen-bond donors (Lipinski definition) is 1. The monoisotopic (exact) mass is 404 g/mol. The van der Waals surface area contributed by atoms with E-state index < -0.39 is 24.1 Å². The molecule has 1 N–H and O–H groups in total. The highest BCUT2D eigenvalue weighted by Gasteiger charge is 2.21. The number of methoxy groups -OCH3 is 1. The number of ether oxygens (including phenoxy) is 1. The van der Waals surface area contributed by atoms with E-state index in [1.807, 2.05) is 38.1 Å². The Bertz CT molecular complexity index is 1460. The molecule has 2 aromatic carbocycles. The highest BCUT2D eigenvalue weighted by molar-refractivity contribution is 6.08. The molecule has 2 aromatic rings. The molecule has 1 aliphatic heterocycles. The molecule has 0 spiro atoms. The molecular weight excluding hydrogens is 376 g/mol. The summed E-state index contributed by atoms with van der Waals surface area (Å²) in [7, 11) is 1.19. The lowest BCUT2D eigenvalue weighted by Gasteiger charge is -2.18. The van der Waals surface area contributed by atoms with Crippen LogP contribution >= 0.6 is 0 Å². The Morgan fingerprint density at radius 3 is 2.73 bits per heavy atom. The predicted molar refractivity (Wildman–Crippen MR) is 120 cm³/mol. The van der Waals surface area contributed by atoms with Gasteiger partial charge in [0.2, 0.25) is 0 Å². The van der Waals surface area contributed by atoms with Gasteiger partial charge >= 0.3 is 5.97 Å². The van der Waals surface area contributed by atoms with Crippen LogP contribution in [0.1, 0.15) is 29.7 Å². The first-order valence-electron chi connectivity index (χ1n) is 11.8. The summed E-state index contributed by atoms with van der Waals surface area (Å²) in [4.78, 5) is 17.2. The summed E-state index contributed by atoms with van der Waals surface area (Å²) in [6.45, 7) is 5.22. The van der Waals surface area contributed by atoms with Crippen molar-refractivity contribution in [3.05, 3.63) is 71.5 Å². The first kappa shape index (κ1) is 15.3. The fourth-order valence-electron chi connectivity index (χ4n) is 3.50. The van der Waals surface area contributed by atoms with E-state index in [1.54, 1.807) is 12.1 Å². The van der Waals surface area contributed by atoms with Gasteiger partial charge in [-0.2, -0.15) is 0 Å². The fraction of sp³-hybridized carbons (Fsp3) is 0.200. The van der Waals surface area contributed by atoms with E-state index >= 15 is 0 Å². The summed E-state index contributed by atoms with van der Waals surface area (Å²) in [6, 6.07) is 9.19. The summed E-state index contributed by atoms with van der Waals surface area (Å²) in [5.41, 5.74) is 2.24. The van der Waals surface area contributed by atoms with Crippen molar-refractivity contribution >= 4 is 22.6 Å². The van der Waals surface area contributed by atoms with Crippen LogP contribution in [0.15, 0.2) is 70.0 Å². The second-order valence-corrected chi connectivity index (χ2v) is 6.61. The molecule has 1 heterocycles. The van der Waals surface area contributed by atoms with Crippen molar-refractivity contribution in [3.63, 3.8) is 0 Å². The molecular formula is C25H24N2O3. The van der Waals surface area contributed by atoms with Gasteiger partial charge in [0.05, 0.1) is 23.5 Å². The summed E-state index contributed by atoms with van der Waals surface area (Å²) in [6.07, 6.45) is 0. The van der Waals surface area contributed by atoms with Gasteiger partial charge < -0.3 is 14.5 Å². The number of carbonyl (C=O) groups excluding carboxylic acids is 1. The van der Waals surface area contributed by atoms with Crippen LogP contribution in [0.25, 0.3) is 33.4 Å². The average Bonchev–Trinajstić information content (AvgIpc) is 2.83. The molecule has 0 aromatic heterocycles. The Hall–Kier alpha value is -3.60. The minimum absolute atomic E-state index is 0.0695. The highest BCUT2D eigenvalue weighted by Crippen LogP contribution is 2.41. The van der Waals surface area contributed by atoms with Gasteiger partial charge in [0.1, 0.15) is 11.3 Å². The summed E-state index contributed by atoms with van der Waals surface area (Å²) >= 11 is 0. The van der Waals surface area contributed by atoms with Gasteiger partial charge in [-0.05, 0) is 49.7 Å². The lowest BCUT2D eigenvalue weighted by atomic mass is 9.90. The van der Waals surface area contributed by atoms with Crippen LogP contribution in [0, 0.1) is 0 Å². The van der Waals surface area contributed by atoms with Crippen molar-refractivity contribution in [2.24, 2.45) is 4.99 Å². The molecule has 0 radical (unpaired) electrons. The van der Waals surface area contributed by atoms with Gasteiger partial charge in [0.15, 0.2) is 0 Å². The van der Waals surface area contributed by atoms with Crippen LogP contribution < -0.4 is 10.7 Å². The molecule has 0 saturated carbocycles. The van der Waals surface area contributed by atoms with Gasteiger partial charge in [-0.15, -0.1) is 0 Å². The summed E-state index contributed by atoms with van der Waals surface area (Å²) in [5.74, 6) is -0.361. The maximum absolute atomic E-state index is 12.8. The van der Waals surface area contributed by atoms with Crippen LogP contribution in [-0.2, 0) is 4.74 Å². The number of esters is 1. The number of fused-ring (bicyclic) bond motifs is 2. The van der Waals surface area contributed by atoms with Gasteiger partial charge in [0, 0.05) is 47.4 Å². The quantitative estimate of drug-likeness (QED) is 0.360. The lowest BCUT2D eigenvalue weighted by molar-refractivity contribution is 0.0601. The van der Waals surface area contributed by atoms with Crippen LogP contribution in [0.2, 0.25) is 0 Å². The maximum Gasteiger partial charge on any atom is 0.338 e. The fourth-order valence-corrected chi connectivity index (χ4v) is 3.50. The van der Waals surface area contributed by atoms with Gasteiger partial charge in [-0.3, -0.25) is 4.99 Å². The van der Waals surface area contributed by atoms with Gasteiger partial charge in [-0.1, -0.05) is 18.1 Å². The van der Waals surface area contributed by atoms with Crippen molar-refractivity contribution in [1.29, 1.82) is 0 Å². The first-order valence-corrected chi connectivity index (χ1v) is 9.76. The Labute approximate surface area is 181 Å². The third-order valence-electron chi connectivity index (χ3n) is 4.75. The molecule has 5 nitrogen and oxygen atoms in total. The second-order valence-electron chi connectivity index (χ2n) is 6.61. The average molecular weight is 405 g/mol. The summed E-state index contributed by atoms with van der Waals surface area (Å²) < 4.78 is 44.6. The number of nitrogens with one attached hydrogen (secondary N) is 1. The van der Waals surface area contributed by atoms with Crippen molar-refractivity contribution in [2.75, 3.05) is 25.5 Å². The van der Waals surface area contributed by atoms with Gasteiger partial charge in [0.25, 0.3) is 0 Å². The number of nitrogens with zero attached hydrogens (tertiary/aromatic N) is 1. The molecule has 5 heteroatoms. The van der Waals surface area contributed by atoms with E-state index in [4.69, 9.17) is 14.6 Å². The second kappa shape index (κ2) is 8.41. The van der Waals surface area contributed by atoms with Crippen molar-refractivity contribution in [3.8, 4) is 22.5 Å². The molecule has 0 fully saturated rings. The zero-order chi connectivity index (χ0) is 24.6. The van der Waals surface area contributed by atoms with Crippen LogP contribution in [-0.4, -0.2) is 26.2 Å². The SMILES string of the molecule is [2H]c1c([2H])c([2H])c(-c2c3ccc(=NCC)cc-3oc3cc(NCC)ccc23)c(C(=O)OC)c1[2H]. The zero-order valence-electron chi connectivity index (χ0n) is 21.1. The first-order chi connectivity index (χ1) is 16.3. The lowest BCUT2D eigenvalue weighted by Crippen LogP contribution is -2.06. The molecule has 0 amide bonds. The van der Waals surface area contributed by atoms with E-state index in [2.05, 4.69) is 10.3 Å². The molecule has 0 bridgehead atoms. The standard InChI is InChI=1S/C25H24N2O3/c1-4-26-16-10-12-20-22(14-16)30-23-15-17(27-5-2)11-13-21(23)24(20)18-8-6-7-9-19(18)25(28)29-3/h6-15,26H,4-5H2,1-3H3/i6D,7D,8D,9D. The molecule has 0 atom stereocenters. The van der Waals surface area contributed by atoms with E-state index in [0.717, 1.165) is 11.0 Å². The minimum atomic E-state index is -0.842. The molecule has 4 rings (SSSR count). The third-order valence-corrected chi connectivity index (χ3v) is 4.75. The Balaban J connectivity index is 2.24. The van der Waals surface area contributed by atoms with Crippen LogP contribution in [0.5, 0.6) is 0 Å². The molecule has 1 aliphatic carbocycles. The smallest absolute Gasteiger partial charge is 0.338 e. The van der Waals surface area contributed by atoms with E-state index in [9.17, 15) is 4.79 Å². The number of benzene rings is 3. The van der Waals surface area contributed by atoms with Crippen molar-refractivity contribution < 1.29 is 19.4 Å². The summed E-state index contributed by atoms with van der Waals surface area (Å²) in [5, 5.41) is 4.56. The number of hydrogen-bond acceptors (Lipinski definition) is 5. The largest absolute Gasteiger partial charge is 0.465 e. The number of anilines is 1. The zero-order valence-corrected chi connectivity index (χ0v) is 17.1. The Morgan fingerprint density at radius 2 is 1.97 bits per heavy atom. The molecule has 0 unspecified atom stereocenters. The Kier molecular flexibility index (Phi) is 4.28. The predicted octanol–water partition coefficient (Wildman–Crippen LogP) is 5.34. The maximum atomic E-state index is 12.8. The normalized spacial score (nSPS) is 13.6. The highest BCUT2D eigenvalue weighted by atomic mass is 16.5. The topological polar surface area (TPSA) is 63.8 Å². The molecule has 30 heavy (non-hydrogen) atoms. The van der Waals surface area contributed by atoms with E-state index in [1.165, 1.54) is 7.11 Å². The third kappa shape index (κ3) is 3.54. The van der Waals surface area contributed by atoms with Crippen molar-refractivity contribution in [2.45, 2.75) is 13.8 Å². The van der Waals surface area contributed by atoms with Crippen molar-refractivity contribution in [1.82, 2.24) is 0 Å². The molecule has 2 aliphatic rings. The molecule has 0 saturated heterocycles. The minimum Gasteiger partial charge on any atom is -0.465 e. The van der Waals surface area contributed by atoms with Crippen LogP contribution in [0.3, 0.4) is 0 Å². The van der Waals surface area contributed by atoms with Crippen LogP contribution in [0.4, 0.5) is 5.69 Å². The number of rotatable bonds is 5. The Morgan fingerprint density at radius 1 is 1.13 bits per heavy atom. The van der Waals surface area contributed by atoms with Gasteiger partial charge in [-0.25, -0.2) is 4.79 Å². The van der Waals surface area contributed by atoms with E-state index in [-0.39, 0.29) is 17.2 Å². The number of carbonyl (C=O) groups is 1. The molecule has 152 valence electrons. The van der Waals surface area contributed by atoms with E-state index in [0.29, 0.717) is 40.9 Å².